The molecule has 0 unspecified atom stereocenters. The van der Waals surface area contributed by atoms with Crippen molar-refractivity contribution < 1.29 is 9.53 Å². The summed E-state index contributed by atoms with van der Waals surface area (Å²) in [4.78, 5) is 12.2. The predicted molar refractivity (Wildman–Crippen MR) is 110 cm³/mol. The van der Waals surface area contributed by atoms with Gasteiger partial charge in [-0.2, -0.15) is 5.10 Å². The van der Waals surface area contributed by atoms with E-state index in [-0.39, 0.29) is 19.1 Å². The number of aromatic nitrogens is 3. The Balaban J connectivity index is 1.38. The van der Waals surface area contributed by atoms with Gasteiger partial charge in [-0.05, 0) is 47.3 Å². The second-order valence-corrected chi connectivity index (χ2v) is 6.58. The molecule has 0 saturated heterocycles. The summed E-state index contributed by atoms with van der Waals surface area (Å²) in [5.41, 5.74) is 0.887. The fraction of sp³-hybridized carbons (Fsp3) is 0.0952. The van der Waals surface area contributed by atoms with E-state index in [9.17, 15) is 4.79 Å². The number of benzene rings is 3. The molecule has 1 aromatic heterocycles. The molecule has 1 amide bonds. The fourth-order valence-electron chi connectivity index (χ4n) is 2.93. The molecule has 4 aromatic rings. The van der Waals surface area contributed by atoms with Crippen molar-refractivity contribution in [1.82, 2.24) is 20.1 Å². The molecule has 0 aliphatic rings. The summed E-state index contributed by atoms with van der Waals surface area (Å²) >= 11 is 5.30. The molecule has 0 fully saturated rings. The third kappa shape index (κ3) is 3.94. The second kappa shape index (κ2) is 8.06. The number of nitrogens with zero attached hydrogens (tertiary/aromatic N) is 2. The largest absolute Gasteiger partial charge is 0.484 e. The van der Waals surface area contributed by atoms with Crippen LogP contribution in [-0.2, 0) is 11.3 Å². The number of ether oxygens (including phenoxy) is 1. The zero-order chi connectivity index (χ0) is 19.3. The predicted octanol–water partition coefficient (Wildman–Crippen LogP) is 3.78. The van der Waals surface area contributed by atoms with Gasteiger partial charge in [0, 0.05) is 5.69 Å². The molecule has 0 aliphatic heterocycles. The maximum absolute atomic E-state index is 12.2. The van der Waals surface area contributed by atoms with E-state index in [0.717, 1.165) is 16.5 Å². The lowest BCUT2D eigenvalue weighted by molar-refractivity contribution is -0.123. The van der Waals surface area contributed by atoms with Gasteiger partial charge in [0.2, 0.25) is 0 Å². The highest BCUT2D eigenvalue weighted by Gasteiger charge is 2.10. The number of para-hydroxylation sites is 1. The van der Waals surface area contributed by atoms with Crippen molar-refractivity contribution in [2.75, 3.05) is 6.61 Å². The quantitative estimate of drug-likeness (QED) is 0.492. The zero-order valence-corrected chi connectivity index (χ0v) is 15.8. The molecular formula is C21H18N4O2S. The summed E-state index contributed by atoms with van der Waals surface area (Å²) in [6.45, 7) is 0.163. The van der Waals surface area contributed by atoms with Crippen LogP contribution in [-0.4, -0.2) is 27.3 Å². The van der Waals surface area contributed by atoms with Crippen LogP contribution in [0, 0.1) is 4.77 Å². The molecule has 0 aliphatic carbocycles. The molecule has 7 heteroatoms. The van der Waals surface area contributed by atoms with Crippen molar-refractivity contribution in [1.29, 1.82) is 0 Å². The minimum atomic E-state index is -0.235. The number of carbonyl (C=O) groups is 1. The Morgan fingerprint density at radius 3 is 2.61 bits per heavy atom. The number of rotatable bonds is 6. The number of H-pyrrole nitrogens is 1. The Morgan fingerprint density at radius 1 is 1.04 bits per heavy atom. The van der Waals surface area contributed by atoms with Gasteiger partial charge < -0.3 is 10.1 Å². The van der Waals surface area contributed by atoms with Gasteiger partial charge in [-0.15, -0.1) is 0 Å². The van der Waals surface area contributed by atoms with Crippen LogP contribution >= 0.6 is 12.2 Å². The van der Waals surface area contributed by atoms with E-state index in [1.807, 2.05) is 72.8 Å². The highest BCUT2D eigenvalue weighted by Crippen LogP contribution is 2.20. The van der Waals surface area contributed by atoms with Gasteiger partial charge in [0.15, 0.2) is 17.2 Å². The standard InChI is InChI=1S/C21H18N4O2S/c26-20(14-27-18-11-10-15-6-4-5-7-16(15)12-18)22-13-19-23-24-21(28)25(19)17-8-2-1-3-9-17/h1-12H,13-14H2,(H,22,26)(H,24,28). The van der Waals surface area contributed by atoms with Crippen LogP contribution in [0.3, 0.4) is 0 Å². The number of nitrogens with one attached hydrogen (secondary N) is 2. The molecule has 0 radical (unpaired) electrons. The van der Waals surface area contributed by atoms with E-state index in [2.05, 4.69) is 15.5 Å². The fourth-order valence-corrected chi connectivity index (χ4v) is 3.18. The lowest BCUT2D eigenvalue weighted by Gasteiger charge is -2.09. The van der Waals surface area contributed by atoms with Gasteiger partial charge >= 0.3 is 0 Å². The van der Waals surface area contributed by atoms with E-state index >= 15 is 0 Å². The van der Waals surface area contributed by atoms with Crippen LogP contribution in [0.5, 0.6) is 5.75 Å². The minimum absolute atomic E-state index is 0.0746. The molecule has 2 N–H and O–H groups in total. The number of fused-ring (bicyclic) bond motifs is 1. The van der Waals surface area contributed by atoms with E-state index in [1.165, 1.54) is 0 Å². The number of amides is 1. The second-order valence-electron chi connectivity index (χ2n) is 6.19. The maximum atomic E-state index is 12.2. The first-order chi connectivity index (χ1) is 13.7. The summed E-state index contributed by atoms with van der Waals surface area (Å²) in [5, 5.41) is 12.0. The van der Waals surface area contributed by atoms with Crippen LogP contribution in [0.4, 0.5) is 0 Å². The summed E-state index contributed by atoms with van der Waals surface area (Å²) in [5.74, 6) is 1.04. The topological polar surface area (TPSA) is 71.9 Å². The third-order valence-corrected chi connectivity index (χ3v) is 4.56. The molecule has 4 rings (SSSR count). The van der Waals surface area contributed by atoms with E-state index in [4.69, 9.17) is 17.0 Å². The Hall–Kier alpha value is -3.45. The smallest absolute Gasteiger partial charge is 0.258 e. The van der Waals surface area contributed by atoms with Crippen molar-refractivity contribution >= 4 is 28.9 Å². The van der Waals surface area contributed by atoms with Gasteiger partial charge in [0.1, 0.15) is 5.75 Å². The monoisotopic (exact) mass is 390 g/mol. The average molecular weight is 390 g/mol. The Labute approximate surface area is 166 Å². The zero-order valence-electron chi connectivity index (χ0n) is 15.0. The molecule has 28 heavy (non-hydrogen) atoms. The average Bonchev–Trinajstić information content (AvgIpc) is 3.11. The van der Waals surface area contributed by atoms with Gasteiger partial charge in [-0.1, -0.05) is 48.5 Å². The number of hydrogen-bond donors (Lipinski definition) is 2. The molecule has 0 bridgehead atoms. The van der Waals surface area contributed by atoms with Crippen molar-refractivity contribution in [3.05, 3.63) is 83.4 Å². The summed E-state index contributed by atoms with van der Waals surface area (Å²) in [6, 6.07) is 23.4. The number of carbonyl (C=O) groups excluding carboxylic acids is 1. The van der Waals surface area contributed by atoms with E-state index in [0.29, 0.717) is 16.3 Å². The molecule has 0 spiro atoms. The lowest BCUT2D eigenvalue weighted by Crippen LogP contribution is -2.29. The molecule has 0 atom stereocenters. The van der Waals surface area contributed by atoms with Crippen molar-refractivity contribution in [3.63, 3.8) is 0 Å². The van der Waals surface area contributed by atoms with E-state index < -0.39 is 0 Å². The van der Waals surface area contributed by atoms with Crippen molar-refractivity contribution in [2.45, 2.75) is 6.54 Å². The number of hydrogen-bond acceptors (Lipinski definition) is 4. The van der Waals surface area contributed by atoms with Crippen molar-refractivity contribution in [3.8, 4) is 11.4 Å². The Morgan fingerprint density at radius 2 is 1.79 bits per heavy atom. The van der Waals surface area contributed by atoms with Gasteiger partial charge in [-0.25, -0.2) is 0 Å². The first-order valence-electron chi connectivity index (χ1n) is 8.81. The molecule has 6 nitrogen and oxygen atoms in total. The van der Waals surface area contributed by atoms with Crippen LogP contribution < -0.4 is 10.1 Å². The summed E-state index contributed by atoms with van der Waals surface area (Å²) < 4.78 is 7.88. The molecule has 140 valence electrons. The molecule has 0 saturated carbocycles. The van der Waals surface area contributed by atoms with E-state index in [1.54, 1.807) is 4.57 Å². The first kappa shape index (κ1) is 17.9. The van der Waals surface area contributed by atoms with Crippen LogP contribution in [0.1, 0.15) is 5.82 Å². The molecule has 1 heterocycles. The third-order valence-electron chi connectivity index (χ3n) is 4.29. The van der Waals surface area contributed by atoms with Gasteiger partial charge in [0.05, 0.1) is 6.54 Å². The van der Waals surface area contributed by atoms with Gasteiger partial charge in [0.25, 0.3) is 5.91 Å². The summed E-state index contributed by atoms with van der Waals surface area (Å²) in [6.07, 6.45) is 0. The minimum Gasteiger partial charge on any atom is -0.484 e. The van der Waals surface area contributed by atoms with Crippen LogP contribution in [0.25, 0.3) is 16.5 Å². The Kier molecular flexibility index (Phi) is 5.16. The molecular weight excluding hydrogens is 372 g/mol. The highest BCUT2D eigenvalue weighted by molar-refractivity contribution is 7.71. The highest BCUT2D eigenvalue weighted by atomic mass is 32.1. The Bertz CT molecular complexity index is 1170. The SMILES string of the molecule is O=C(COc1ccc2ccccc2c1)NCc1n[nH]c(=S)n1-c1ccccc1. The summed E-state index contributed by atoms with van der Waals surface area (Å²) in [7, 11) is 0. The van der Waals surface area contributed by atoms with Crippen LogP contribution in [0.15, 0.2) is 72.8 Å². The van der Waals surface area contributed by atoms with Crippen LogP contribution in [0.2, 0.25) is 0 Å². The normalized spacial score (nSPS) is 10.7. The van der Waals surface area contributed by atoms with Crippen molar-refractivity contribution in [2.24, 2.45) is 0 Å². The molecule has 3 aromatic carbocycles. The maximum Gasteiger partial charge on any atom is 0.258 e. The van der Waals surface area contributed by atoms with Gasteiger partial charge in [-0.3, -0.25) is 14.5 Å². The lowest BCUT2D eigenvalue weighted by atomic mass is 10.1. The first-order valence-corrected chi connectivity index (χ1v) is 9.21. The number of aromatic amines is 1.